The number of rotatable bonds is 5. The molecule has 0 unspecified atom stereocenters. The lowest BCUT2D eigenvalue weighted by molar-refractivity contribution is -0.142. The molecule has 0 spiro atoms. The van der Waals surface area contributed by atoms with Gasteiger partial charge in [0.05, 0.1) is 12.7 Å². The van der Waals surface area contributed by atoms with Crippen molar-refractivity contribution in [3.63, 3.8) is 0 Å². The predicted octanol–water partition coefficient (Wildman–Crippen LogP) is 2.73. The van der Waals surface area contributed by atoms with Crippen molar-refractivity contribution in [2.24, 2.45) is 0 Å². The molecule has 5 nitrogen and oxygen atoms in total. The van der Waals surface area contributed by atoms with Gasteiger partial charge in [0.2, 0.25) is 0 Å². The van der Waals surface area contributed by atoms with E-state index in [1.807, 2.05) is 0 Å². The molecule has 1 aliphatic rings. The second-order valence-electron chi connectivity index (χ2n) is 5.06. The van der Waals surface area contributed by atoms with Gasteiger partial charge < -0.3 is 14.2 Å². The molecular weight excluding hydrogens is 272 g/mol. The molecule has 0 aliphatic heterocycles. The minimum Gasteiger partial charge on any atom is -0.482 e. The van der Waals surface area contributed by atoms with Gasteiger partial charge in [-0.2, -0.15) is 0 Å². The number of carbonyl (C=O) groups is 2. The Morgan fingerprint density at radius 2 is 1.95 bits per heavy atom. The van der Waals surface area contributed by atoms with E-state index in [0.717, 1.165) is 25.7 Å². The topological polar surface area (TPSA) is 61.8 Å². The summed E-state index contributed by atoms with van der Waals surface area (Å²) in [5, 5.41) is 0. The smallest absolute Gasteiger partial charge is 0.343 e. The lowest BCUT2D eigenvalue weighted by atomic mass is 9.98. The van der Waals surface area contributed by atoms with Gasteiger partial charge in [-0.15, -0.1) is 0 Å². The van der Waals surface area contributed by atoms with Gasteiger partial charge >= 0.3 is 11.9 Å². The number of methoxy groups -OCH3 is 1. The van der Waals surface area contributed by atoms with Gasteiger partial charge in [-0.25, -0.2) is 9.59 Å². The summed E-state index contributed by atoms with van der Waals surface area (Å²) in [7, 11) is 1.30. The summed E-state index contributed by atoms with van der Waals surface area (Å²) in [4.78, 5) is 23.1. The van der Waals surface area contributed by atoms with Gasteiger partial charge in [0, 0.05) is 0 Å². The summed E-state index contributed by atoms with van der Waals surface area (Å²) in [6, 6.07) is 6.63. The van der Waals surface area contributed by atoms with Crippen LogP contribution in [0.4, 0.5) is 0 Å². The maximum atomic E-state index is 12.1. The van der Waals surface area contributed by atoms with Gasteiger partial charge in [-0.3, -0.25) is 0 Å². The Morgan fingerprint density at radius 3 is 2.67 bits per heavy atom. The second-order valence-corrected chi connectivity index (χ2v) is 5.06. The summed E-state index contributed by atoms with van der Waals surface area (Å²) < 4.78 is 15.2. The standard InChI is InChI=1S/C16H20O5/c1-19-15(17)11-20-14-9-5-6-12(10-14)16(18)21-13-7-3-2-4-8-13/h5-6,9-10,13H,2-4,7-8,11H2,1H3. The van der Waals surface area contributed by atoms with Crippen LogP contribution in [-0.4, -0.2) is 31.8 Å². The van der Waals surface area contributed by atoms with Gasteiger partial charge in [0.1, 0.15) is 11.9 Å². The van der Waals surface area contributed by atoms with Crippen molar-refractivity contribution in [3.8, 4) is 5.75 Å². The average Bonchev–Trinajstić information content (AvgIpc) is 2.53. The van der Waals surface area contributed by atoms with Crippen LogP contribution < -0.4 is 4.74 Å². The highest BCUT2D eigenvalue weighted by Gasteiger charge is 2.19. The number of esters is 2. The van der Waals surface area contributed by atoms with Crippen molar-refractivity contribution in [1.29, 1.82) is 0 Å². The summed E-state index contributed by atoms with van der Waals surface area (Å²) in [5.74, 6) is -0.367. The first-order chi connectivity index (χ1) is 10.2. The largest absolute Gasteiger partial charge is 0.482 e. The van der Waals surface area contributed by atoms with E-state index in [9.17, 15) is 9.59 Å². The molecule has 1 aromatic carbocycles. The Hall–Kier alpha value is -2.04. The quantitative estimate of drug-likeness (QED) is 0.781. The molecule has 0 amide bonds. The molecule has 1 fully saturated rings. The van der Waals surface area contributed by atoms with Gasteiger partial charge in [-0.1, -0.05) is 12.5 Å². The van der Waals surface area contributed by atoms with Crippen molar-refractivity contribution >= 4 is 11.9 Å². The molecule has 1 aromatic rings. The predicted molar refractivity (Wildman–Crippen MR) is 76.2 cm³/mol. The van der Waals surface area contributed by atoms with Crippen molar-refractivity contribution < 1.29 is 23.8 Å². The first kappa shape index (κ1) is 15.4. The molecule has 0 heterocycles. The van der Waals surface area contributed by atoms with Gasteiger partial charge in [-0.05, 0) is 43.9 Å². The van der Waals surface area contributed by atoms with Crippen LogP contribution in [-0.2, 0) is 14.3 Å². The Morgan fingerprint density at radius 1 is 1.19 bits per heavy atom. The highest BCUT2D eigenvalue weighted by Crippen LogP contribution is 2.22. The summed E-state index contributed by atoms with van der Waals surface area (Å²) in [5.41, 5.74) is 0.433. The zero-order chi connectivity index (χ0) is 15.1. The van der Waals surface area contributed by atoms with Crippen LogP contribution in [0.3, 0.4) is 0 Å². The molecule has 0 atom stereocenters. The minimum atomic E-state index is -0.467. The minimum absolute atomic E-state index is 0.0193. The maximum absolute atomic E-state index is 12.1. The van der Waals surface area contributed by atoms with E-state index >= 15 is 0 Å². The Balaban J connectivity index is 1.92. The molecule has 0 N–H and O–H groups in total. The van der Waals surface area contributed by atoms with E-state index in [-0.39, 0.29) is 18.7 Å². The number of hydrogen-bond donors (Lipinski definition) is 0. The van der Waals surface area contributed by atoms with Gasteiger partial charge in [0.25, 0.3) is 0 Å². The zero-order valence-electron chi connectivity index (χ0n) is 12.2. The van der Waals surface area contributed by atoms with Gasteiger partial charge in [0.15, 0.2) is 6.61 Å². The molecule has 0 aromatic heterocycles. The lowest BCUT2D eigenvalue weighted by Crippen LogP contribution is -2.21. The molecule has 0 saturated heterocycles. The third-order valence-corrected chi connectivity index (χ3v) is 3.48. The summed E-state index contributed by atoms with van der Waals surface area (Å²) in [6.07, 6.45) is 5.32. The number of hydrogen-bond acceptors (Lipinski definition) is 5. The van der Waals surface area contributed by atoms with E-state index in [0.29, 0.717) is 11.3 Å². The third kappa shape index (κ3) is 4.77. The molecule has 5 heteroatoms. The van der Waals surface area contributed by atoms with Crippen LogP contribution in [0.2, 0.25) is 0 Å². The first-order valence-corrected chi connectivity index (χ1v) is 7.19. The number of ether oxygens (including phenoxy) is 3. The van der Waals surface area contributed by atoms with E-state index in [1.165, 1.54) is 13.5 Å². The van der Waals surface area contributed by atoms with Crippen LogP contribution in [0.5, 0.6) is 5.75 Å². The van der Waals surface area contributed by atoms with E-state index in [1.54, 1.807) is 24.3 Å². The molecule has 0 radical (unpaired) electrons. The SMILES string of the molecule is COC(=O)COc1cccc(C(=O)OC2CCCCC2)c1. The molecule has 1 aliphatic carbocycles. The monoisotopic (exact) mass is 292 g/mol. The molecule has 2 rings (SSSR count). The fourth-order valence-corrected chi connectivity index (χ4v) is 2.32. The number of carbonyl (C=O) groups excluding carboxylic acids is 2. The summed E-state index contributed by atoms with van der Waals surface area (Å²) >= 11 is 0. The van der Waals surface area contributed by atoms with E-state index in [2.05, 4.69) is 4.74 Å². The van der Waals surface area contributed by atoms with Crippen LogP contribution in [0.15, 0.2) is 24.3 Å². The van der Waals surface area contributed by atoms with Crippen LogP contribution in [0.1, 0.15) is 42.5 Å². The normalized spacial score (nSPS) is 15.3. The summed E-state index contributed by atoms with van der Waals surface area (Å²) in [6.45, 7) is -0.183. The fraction of sp³-hybridized carbons (Fsp3) is 0.500. The Labute approximate surface area is 124 Å². The highest BCUT2D eigenvalue weighted by molar-refractivity contribution is 5.90. The molecule has 21 heavy (non-hydrogen) atoms. The Kier molecular flexibility index (Phi) is 5.60. The molecule has 114 valence electrons. The fourth-order valence-electron chi connectivity index (χ4n) is 2.32. The Bertz CT molecular complexity index is 491. The van der Waals surface area contributed by atoms with Crippen molar-refractivity contribution in [2.45, 2.75) is 38.2 Å². The maximum Gasteiger partial charge on any atom is 0.343 e. The molecule has 1 saturated carbocycles. The van der Waals surface area contributed by atoms with Crippen molar-refractivity contribution in [2.75, 3.05) is 13.7 Å². The molecular formula is C16H20O5. The second kappa shape index (κ2) is 7.67. The first-order valence-electron chi connectivity index (χ1n) is 7.19. The highest BCUT2D eigenvalue weighted by atomic mass is 16.6. The van der Waals surface area contributed by atoms with Crippen LogP contribution >= 0.6 is 0 Å². The number of benzene rings is 1. The van der Waals surface area contributed by atoms with E-state index in [4.69, 9.17) is 9.47 Å². The van der Waals surface area contributed by atoms with Crippen LogP contribution in [0.25, 0.3) is 0 Å². The van der Waals surface area contributed by atoms with E-state index < -0.39 is 5.97 Å². The lowest BCUT2D eigenvalue weighted by Gasteiger charge is -2.21. The third-order valence-electron chi connectivity index (χ3n) is 3.48. The zero-order valence-corrected chi connectivity index (χ0v) is 12.2. The van der Waals surface area contributed by atoms with Crippen molar-refractivity contribution in [1.82, 2.24) is 0 Å². The molecule has 0 bridgehead atoms. The average molecular weight is 292 g/mol. The van der Waals surface area contributed by atoms with Crippen molar-refractivity contribution in [3.05, 3.63) is 29.8 Å². The van der Waals surface area contributed by atoms with Crippen LogP contribution in [0, 0.1) is 0 Å².